The van der Waals surface area contributed by atoms with Crippen molar-refractivity contribution in [1.29, 1.82) is 0 Å². The van der Waals surface area contributed by atoms with Gasteiger partial charge in [0.25, 0.3) is 0 Å². The van der Waals surface area contributed by atoms with Crippen molar-refractivity contribution < 1.29 is 9.53 Å². The number of benzene rings is 2. The zero-order valence-electron chi connectivity index (χ0n) is 15.7. The first-order chi connectivity index (χ1) is 12.7. The monoisotopic (exact) mass is 352 g/mol. The van der Waals surface area contributed by atoms with Crippen LogP contribution >= 0.6 is 0 Å². The average molecular weight is 352 g/mol. The van der Waals surface area contributed by atoms with Gasteiger partial charge in [-0.3, -0.25) is 9.69 Å². The molecule has 1 fully saturated rings. The maximum absolute atomic E-state index is 13.1. The number of rotatable bonds is 7. The Balaban J connectivity index is 1.78. The topological polar surface area (TPSA) is 41.6 Å². The van der Waals surface area contributed by atoms with Crippen LogP contribution in [0.15, 0.2) is 54.6 Å². The summed E-state index contributed by atoms with van der Waals surface area (Å²) in [5, 5.41) is 3.06. The highest BCUT2D eigenvalue weighted by Gasteiger charge is 2.28. The van der Waals surface area contributed by atoms with Gasteiger partial charge >= 0.3 is 0 Å². The predicted molar refractivity (Wildman–Crippen MR) is 105 cm³/mol. The fourth-order valence-corrected chi connectivity index (χ4v) is 3.86. The summed E-state index contributed by atoms with van der Waals surface area (Å²) in [5.74, 6) is 1.42. The van der Waals surface area contributed by atoms with E-state index in [9.17, 15) is 4.79 Å². The minimum Gasteiger partial charge on any atom is -0.497 e. The second-order valence-electron chi connectivity index (χ2n) is 7.12. The van der Waals surface area contributed by atoms with Crippen LogP contribution in [0, 0.1) is 5.92 Å². The molecule has 2 aromatic rings. The molecule has 1 N–H and O–H groups in total. The van der Waals surface area contributed by atoms with Gasteiger partial charge in [-0.05, 0) is 43.5 Å². The molecular weight excluding hydrogens is 324 g/mol. The SMILES string of the molecule is COc1cccc(NC(=O)C(c2ccccc2)N(C)CC2CCCC2)c1. The molecular formula is C22H28N2O2. The van der Waals surface area contributed by atoms with Crippen LogP contribution < -0.4 is 10.1 Å². The number of methoxy groups -OCH3 is 1. The zero-order valence-corrected chi connectivity index (χ0v) is 15.7. The molecule has 0 saturated heterocycles. The third-order valence-corrected chi connectivity index (χ3v) is 5.16. The van der Waals surface area contributed by atoms with Crippen molar-refractivity contribution in [2.24, 2.45) is 5.92 Å². The molecule has 0 heterocycles. The molecule has 1 amide bonds. The minimum absolute atomic E-state index is 0.00931. The molecule has 1 aliphatic carbocycles. The van der Waals surface area contributed by atoms with Crippen LogP contribution in [-0.4, -0.2) is 31.5 Å². The van der Waals surface area contributed by atoms with Gasteiger partial charge in [0.2, 0.25) is 5.91 Å². The molecule has 2 aromatic carbocycles. The van der Waals surface area contributed by atoms with Gasteiger partial charge in [-0.25, -0.2) is 0 Å². The van der Waals surface area contributed by atoms with Crippen LogP contribution in [0.5, 0.6) is 5.75 Å². The number of hydrogen-bond donors (Lipinski definition) is 1. The molecule has 1 unspecified atom stereocenters. The molecule has 0 spiro atoms. The van der Waals surface area contributed by atoms with E-state index in [1.807, 2.05) is 54.6 Å². The standard InChI is InChI=1S/C22H28N2O2/c1-24(16-17-9-6-7-10-17)21(18-11-4-3-5-12-18)22(25)23-19-13-8-14-20(15-19)26-2/h3-5,8,11-15,17,21H,6-7,9-10,16H2,1-2H3,(H,23,25). The molecule has 0 radical (unpaired) electrons. The summed E-state index contributed by atoms with van der Waals surface area (Å²) < 4.78 is 5.26. The van der Waals surface area contributed by atoms with Crippen LogP contribution in [0.4, 0.5) is 5.69 Å². The van der Waals surface area contributed by atoms with Crippen LogP contribution in [0.2, 0.25) is 0 Å². The minimum atomic E-state index is -0.303. The van der Waals surface area contributed by atoms with Gasteiger partial charge in [-0.2, -0.15) is 0 Å². The van der Waals surface area contributed by atoms with E-state index < -0.39 is 0 Å². The lowest BCUT2D eigenvalue weighted by molar-refractivity contribution is -0.121. The molecule has 1 saturated carbocycles. The summed E-state index contributed by atoms with van der Waals surface area (Å²) >= 11 is 0. The molecule has 26 heavy (non-hydrogen) atoms. The van der Waals surface area contributed by atoms with Gasteiger partial charge in [0, 0.05) is 18.3 Å². The lowest BCUT2D eigenvalue weighted by Gasteiger charge is -2.29. The number of anilines is 1. The van der Waals surface area contributed by atoms with Crippen LogP contribution in [0.1, 0.15) is 37.3 Å². The van der Waals surface area contributed by atoms with E-state index in [0.717, 1.165) is 23.5 Å². The van der Waals surface area contributed by atoms with Gasteiger partial charge in [-0.1, -0.05) is 49.2 Å². The first-order valence-corrected chi connectivity index (χ1v) is 9.37. The summed E-state index contributed by atoms with van der Waals surface area (Å²) in [6.07, 6.45) is 5.15. The van der Waals surface area contributed by atoms with E-state index in [-0.39, 0.29) is 11.9 Å². The summed E-state index contributed by atoms with van der Waals surface area (Å²) in [6.45, 7) is 0.949. The summed E-state index contributed by atoms with van der Waals surface area (Å²) in [4.78, 5) is 15.3. The largest absolute Gasteiger partial charge is 0.497 e. The summed E-state index contributed by atoms with van der Waals surface area (Å²) in [7, 11) is 3.68. The number of carbonyl (C=O) groups is 1. The lowest BCUT2D eigenvalue weighted by Crippen LogP contribution is -2.37. The molecule has 3 rings (SSSR count). The van der Waals surface area contributed by atoms with Crippen molar-refractivity contribution in [2.75, 3.05) is 26.0 Å². The number of carbonyl (C=O) groups excluding carboxylic acids is 1. The molecule has 4 heteroatoms. The average Bonchev–Trinajstić information content (AvgIpc) is 3.16. The van der Waals surface area contributed by atoms with Crippen LogP contribution in [-0.2, 0) is 4.79 Å². The highest BCUT2D eigenvalue weighted by molar-refractivity contribution is 5.95. The quantitative estimate of drug-likeness (QED) is 0.798. The van der Waals surface area contributed by atoms with E-state index in [2.05, 4.69) is 17.3 Å². The Kier molecular flexibility index (Phi) is 6.29. The molecule has 4 nitrogen and oxygen atoms in total. The highest BCUT2D eigenvalue weighted by atomic mass is 16.5. The number of nitrogens with one attached hydrogen (secondary N) is 1. The predicted octanol–water partition coefficient (Wildman–Crippen LogP) is 4.50. The van der Waals surface area contributed by atoms with E-state index >= 15 is 0 Å². The van der Waals surface area contributed by atoms with E-state index in [0.29, 0.717) is 5.92 Å². The van der Waals surface area contributed by atoms with Gasteiger partial charge in [0.05, 0.1) is 7.11 Å². The maximum atomic E-state index is 13.1. The Bertz CT molecular complexity index is 711. The number of amides is 1. The Labute approximate surface area is 156 Å². The van der Waals surface area contributed by atoms with Crippen molar-refractivity contribution in [2.45, 2.75) is 31.7 Å². The first kappa shape index (κ1) is 18.5. The smallest absolute Gasteiger partial charge is 0.246 e. The molecule has 1 atom stereocenters. The van der Waals surface area contributed by atoms with Crippen LogP contribution in [0.3, 0.4) is 0 Å². The second kappa shape index (κ2) is 8.86. The fraction of sp³-hybridized carbons (Fsp3) is 0.409. The molecule has 0 aliphatic heterocycles. The number of likely N-dealkylation sites (N-methyl/N-ethyl adjacent to an activating group) is 1. The Morgan fingerprint density at radius 1 is 1.15 bits per heavy atom. The molecule has 0 bridgehead atoms. The normalized spacial score (nSPS) is 15.8. The van der Waals surface area contributed by atoms with Gasteiger partial charge in [0.1, 0.15) is 11.8 Å². The third-order valence-electron chi connectivity index (χ3n) is 5.16. The van der Waals surface area contributed by atoms with E-state index in [1.165, 1.54) is 25.7 Å². The van der Waals surface area contributed by atoms with Crippen molar-refractivity contribution >= 4 is 11.6 Å². The Morgan fingerprint density at radius 3 is 2.58 bits per heavy atom. The number of ether oxygens (including phenoxy) is 1. The van der Waals surface area contributed by atoms with Crippen molar-refractivity contribution in [3.05, 3.63) is 60.2 Å². The third kappa shape index (κ3) is 4.64. The fourth-order valence-electron chi connectivity index (χ4n) is 3.86. The second-order valence-corrected chi connectivity index (χ2v) is 7.12. The van der Waals surface area contributed by atoms with E-state index in [1.54, 1.807) is 7.11 Å². The maximum Gasteiger partial charge on any atom is 0.246 e. The van der Waals surface area contributed by atoms with Gasteiger partial charge in [0.15, 0.2) is 0 Å². The summed E-state index contributed by atoms with van der Waals surface area (Å²) in [5.41, 5.74) is 1.78. The number of hydrogen-bond acceptors (Lipinski definition) is 3. The van der Waals surface area contributed by atoms with Crippen LogP contribution in [0.25, 0.3) is 0 Å². The number of nitrogens with zero attached hydrogens (tertiary/aromatic N) is 1. The van der Waals surface area contributed by atoms with Crippen molar-refractivity contribution in [1.82, 2.24) is 4.90 Å². The lowest BCUT2D eigenvalue weighted by atomic mass is 10.0. The Morgan fingerprint density at radius 2 is 1.88 bits per heavy atom. The Hall–Kier alpha value is -2.33. The van der Waals surface area contributed by atoms with Crippen molar-refractivity contribution in [3.63, 3.8) is 0 Å². The molecule has 0 aromatic heterocycles. The highest BCUT2D eigenvalue weighted by Crippen LogP contribution is 2.29. The first-order valence-electron chi connectivity index (χ1n) is 9.37. The zero-order chi connectivity index (χ0) is 18.4. The summed E-state index contributed by atoms with van der Waals surface area (Å²) in [6, 6.07) is 17.2. The molecule has 1 aliphatic rings. The van der Waals surface area contributed by atoms with Gasteiger partial charge < -0.3 is 10.1 Å². The van der Waals surface area contributed by atoms with Gasteiger partial charge in [-0.15, -0.1) is 0 Å². The van der Waals surface area contributed by atoms with Crippen molar-refractivity contribution in [3.8, 4) is 5.75 Å². The van der Waals surface area contributed by atoms with E-state index in [4.69, 9.17) is 4.74 Å². The molecule has 138 valence electrons.